The van der Waals surface area contributed by atoms with E-state index in [1.165, 1.54) is 18.7 Å². The van der Waals surface area contributed by atoms with Crippen molar-refractivity contribution in [2.45, 2.75) is 114 Å². The summed E-state index contributed by atoms with van der Waals surface area (Å²) in [6, 6.07) is -8.60. The molecule has 0 aromatic heterocycles. The first-order valence-electron chi connectivity index (χ1n) is 19.0. The van der Waals surface area contributed by atoms with Crippen LogP contribution < -0.4 is 65.5 Å². The summed E-state index contributed by atoms with van der Waals surface area (Å²) in [5.41, 5.74) is 21.3. The standard InChI is InChI=1S/C34H60N14O12S/c1-17(49)43-19(5-3-14-41-33(37)38)28(56)45-20(6-4-15-42-34(39)40)29(57)46-21(7-10-24(35)50)31(59)48-23(13-16-61-2)32(60)47-22(9-12-26(53)54)30(58)44-18(27(36)55)8-11-25(51)52/h18-23H,3-16H2,1-2H3,(H2,35,50)(H2,36,55)(H,43,49)(H,44,58)(H,45,56)(H,46,57)(H,47,60)(H,48,59)(H,51,52)(H,53,54)(H4,37,38,41)(H4,39,40,42)/t18-,19-,20-,21+,22-,23-/m0/s1. The van der Waals surface area contributed by atoms with Gasteiger partial charge in [-0.1, -0.05) is 0 Å². The van der Waals surface area contributed by atoms with Crippen molar-refractivity contribution in [3.05, 3.63) is 0 Å². The smallest absolute Gasteiger partial charge is 0.303 e. The van der Waals surface area contributed by atoms with Gasteiger partial charge < -0.3 is 75.7 Å². The van der Waals surface area contributed by atoms with Crippen LogP contribution in [-0.2, 0) is 47.9 Å². The van der Waals surface area contributed by atoms with Gasteiger partial charge in [-0.25, -0.2) is 0 Å². The number of carbonyl (C=O) groups is 10. The van der Waals surface area contributed by atoms with Crippen molar-refractivity contribution < 1.29 is 58.2 Å². The molecule has 20 N–H and O–H groups in total. The zero-order valence-corrected chi connectivity index (χ0v) is 34.9. The molecule has 6 atom stereocenters. The van der Waals surface area contributed by atoms with Crippen molar-refractivity contribution >= 4 is 82.9 Å². The number of amides is 8. The van der Waals surface area contributed by atoms with Gasteiger partial charge in [-0.05, 0) is 63.4 Å². The van der Waals surface area contributed by atoms with Crippen LogP contribution in [-0.4, -0.2) is 143 Å². The Morgan fingerprint density at radius 1 is 0.508 bits per heavy atom. The van der Waals surface area contributed by atoms with Crippen molar-refractivity contribution in [1.82, 2.24) is 42.5 Å². The summed E-state index contributed by atoms with van der Waals surface area (Å²) < 4.78 is 0. The minimum absolute atomic E-state index is 0.0599. The van der Waals surface area contributed by atoms with E-state index in [1.807, 2.05) is 0 Å². The van der Waals surface area contributed by atoms with Gasteiger partial charge in [0.2, 0.25) is 47.3 Å². The number of nitrogens with one attached hydrogen (secondary N) is 10. The molecule has 344 valence electrons. The van der Waals surface area contributed by atoms with E-state index in [0.29, 0.717) is 0 Å². The lowest BCUT2D eigenvalue weighted by molar-refractivity contribution is -0.139. The summed E-state index contributed by atoms with van der Waals surface area (Å²) in [6.45, 7) is 1.46. The molecule has 0 aliphatic carbocycles. The number of hydrogen-bond acceptors (Lipinski definition) is 13. The molecule has 8 amide bonds. The zero-order valence-electron chi connectivity index (χ0n) is 34.1. The average Bonchev–Trinajstić information content (AvgIpc) is 3.16. The van der Waals surface area contributed by atoms with Gasteiger partial charge >= 0.3 is 11.9 Å². The first-order chi connectivity index (χ1) is 28.6. The second-order valence-electron chi connectivity index (χ2n) is 13.6. The Morgan fingerprint density at radius 3 is 1.16 bits per heavy atom. The second kappa shape index (κ2) is 29.7. The van der Waals surface area contributed by atoms with E-state index in [1.54, 1.807) is 6.26 Å². The Bertz CT molecular complexity index is 1590. The van der Waals surface area contributed by atoms with Crippen LogP contribution in [0.15, 0.2) is 0 Å². The third kappa shape index (κ3) is 25.6. The van der Waals surface area contributed by atoms with Gasteiger partial charge in [0.15, 0.2) is 11.9 Å². The lowest BCUT2D eigenvalue weighted by atomic mass is 10.0. The summed E-state index contributed by atoms with van der Waals surface area (Å²) in [7, 11) is 0. The number of nitrogens with two attached hydrogens (primary N) is 4. The van der Waals surface area contributed by atoms with Gasteiger partial charge in [0, 0.05) is 39.3 Å². The molecule has 0 fully saturated rings. The highest BCUT2D eigenvalue weighted by atomic mass is 32.2. The molecule has 0 aromatic carbocycles. The number of guanidine groups is 2. The van der Waals surface area contributed by atoms with Crippen LogP contribution in [0.1, 0.15) is 77.6 Å². The summed E-state index contributed by atoms with van der Waals surface area (Å²) in [5.74, 6) is -10.3. The van der Waals surface area contributed by atoms with E-state index in [-0.39, 0.29) is 69.3 Å². The highest BCUT2D eigenvalue weighted by molar-refractivity contribution is 7.98. The fraction of sp³-hybridized carbons (Fsp3) is 0.647. The van der Waals surface area contributed by atoms with E-state index in [2.05, 4.69) is 42.5 Å². The van der Waals surface area contributed by atoms with Crippen LogP contribution in [0.2, 0.25) is 0 Å². The second-order valence-corrected chi connectivity index (χ2v) is 14.6. The van der Waals surface area contributed by atoms with Gasteiger partial charge in [-0.15, -0.1) is 0 Å². The lowest BCUT2D eigenvalue weighted by Gasteiger charge is -2.27. The van der Waals surface area contributed by atoms with Gasteiger partial charge in [-0.2, -0.15) is 11.8 Å². The molecule has 27 heteroatoms. The minimum Gasteiger partial charge on any atom is -0.481 e. The molecule has 61 heavy (non-hydrogen) atoms. The van der Waals surface area contributed by atoms with E-state index in [0.717, 1.165) is 0 Å². The lowest BCUT2D eigenvalue weighted by Crippen LogP contribution is -2.59. The first kappa shape index (κ1) is 54.6. The van der Waals surface area contributed by atoms with Gasteiger partial charge in [0.05, 0.1) is 0 Å². The Kier molecular flexibility index (Phi) is 26.6. The fourth-order valence-electron chi connectivity index (χ4n) is 5.35. The fourth-order valence-corrected chi connectivity index (χ4v) is 5.82. The molecule has 0 aliphatic heterocycles. The van der Waals surface area contributed by atoms with Crippen LogP contribution >= 0.6 is 11.8 Å². The van der Waals surface area contributed by atoms with Crippen LogP contribution in [0.3, 0.4) is 0 Å². The Balaban J connectivity index is 6.51. The van der Waals surface area contributed by atoms with E-state index in [9.17, 15) is 53.1 Å². The van der Waals surface area contributed by atoms with Gasteiger partial charge in [0.25, 0.3) is 0 Å². The minimum atomic E-state index is -1.61. The van der Waals surface area contributed by atoms with Crippen molar-refractivity contribution in [2.75, 3.05) is 25.1 Å². The Labute approximate surface area is 355 Å². The Hall–Kier alpha value is -6.41. The van der Waals surface area contributed by atoms with E-state index >= 15 is 0 Å². The number of hydrogen-bond donors (Lipinski definition) is 16. The summed E-state index contributed by atoms with van der Waals surface area (Å²) in [4.78, 5) is 126. The maximum Gasteiger partial charge on any atom is 0.303 e. The van der Waals surface area contributed by atoms with Gasteiger partial charge in [-0.3, -0.25) is 58.8 Å². The van der Waals surface area contributed by atoms with Crippen LogP contribution in [0, 0.1) is 10.8 Å². The maximum absolute atomic E-state index is 13.8. The summed E-state index contributed by atoms with van der Waals surface area (Å²) >= 11 is 1.27. The highest BCUT2D eigenvalue weighted by Crippen LogP contribution is 2.09. The summed E-state index contributed by atoms with van der Waals surface area (Å²) in [5, 5.41) is 52.6. The zero-order chi connectivity index (χ0) is 46.7. The number of carbonyl (C=O) groups excluding carboxylic acids is 8. The molecular weight excluding hydrogens is 829 g/mol. The van der Waals surface area contributed by atoms with Crippen LogP contribution in [0.5, 0.6) is 0 Å². The molecule has 0 saturated heterocycles. The normalized spacial score (nSPS) is 13.5. The predicted molar refractivity (Wildman–Crippen MR) is 220 cm³/mol. The van der Waals surface area contributed by atoms with Crippen molar-refractivity contribution in [3.8, 4) is 0 Å². The maximum atomic E-state index is 13.8. The number of thioether (sulfide) groups is 1. The molecule has 0 bridgehead atoms. The molecule has 0 unspecified atom stereocenters. The average molecular weight is 889 g/mol. The third-order valence-electron chi connectivity index (χ3n) is 8.44. The SMILES string of the molecule is CSCC[C@H](NC(=O)[C@@H](CCC(N)=O)NC(=O)[C@H](CCCNC(=N)N)NC(=O)[C@H](CCCNC(=N)N)NC(C)=O)C(=O)N[C@@H](CCC(=O)O)C(=O)N[C@@H](CCC(=O)O)C(N)=O. The number of primary amides is 2. The third-order valence-corrected chi connectivity index (χ3v) is 9.08. The van der Waals surface area contributed by atoms with Crippen molar-refractivity contribution in [1.29, 1.82) is 10.8 Å². The molecule has 26 nitrogen and oxygen atoms in total. The molecule has 0 saturated carbocycles. The van der Waals surface area contributed by atoms with Crippen molar-refractivity contribution in [3.63, 3.8) is 0 Å². The van der Waals surface area contributed by atoms with Crippen molar-refractivity contribution in [2.24, 2.45) is 22.9 Å². The first-order valence-corrected chi connectivity index (χ1v) is 20.4. The molecule has 0 radical (unpaired) electrons. The molecule has 0 aliphatic rings. The monoisotopic (exact) mass is 888 g/mol. The predicted octanol–water partition coefficient (Wildman–Crippen LogP) is -5.32. The van der Waals surface area contributed by atoms with Gasteiger partial charge in [0.1, 0.15) is 36.3 Å². The Morgan fingerprint density at radius 2 is 0.836 bits per heavy atom. The molecule has 0 aromatic rings. The number of aliphatic carboxylic acids is 2. The number of carboxylic acid groups (broad SMARTS) is 2. The highest BCUT2D eigenvalue weighted by Gasteiger charge is 2.33. The molecule has 0 heterocycles. The van der Waals surface area contributed by atoms with E-state index < -0.39 is 128 Å². The van der Waals surface area contributed by atoms with Crippen LogP contribution in [0.4, 0.5) is 0 Å². The molecular formula is C34H60N14O12S. The molecule has 0 rings (SSSR count). The molecule has 0 spiro atoms. The quantitative estimate of drug-likeness (QED) is 0.0170. The number of carboxylic acids is 2. The largest absolute Gasteiger partial charge is 0.481 e. The van der Waals surface area contributed by atoms with Crippen LogP contribution in [0.25, 0.3) is 0 Å². The number of rotatable bonds is 32. The topological polar surface area (TPSA) is 459 Å². The van der Waals surface area contributed by atoms with E-state index in [4.69, 9.17) is 38.9 Å². The summed E-state index contributed by atoms with van der Waals surface area (Å²) in [6.07, 6.45) is -0.905.